The van der Waals surface area contributed by atoms with Crippen molar-refractivity contribution in [3.63, 3.8) is 0 Å². The Bertz CT molecular complexity index is 470. The van der Waals surface area contributed by atoms with Crippen molar-refractivity contribution in [2.45, 2.75) is 19.3 Å². The number of anilines is 1. The molecule has 0 fully saturated rings. The third kappa shape index (κ3) is 2.52. The standard InChI is InChI=1S/C10H12BrNO2S/c11-7-15(13,14)12-10-5-4-8-2-1-3-9(8)6-10/h4-6,12H,1-3,7H2. The predicted molar refractivity (Wildman–Crippen MR) is 64.8 cm³/mol. The lowest BCUT2D eigenvalue weighted by Gasteiger charge is -2.07. The first kappa shape index (κ1) is 11.0. The summed E-state index contributed by atoms with van der Waals surface area (Å²) < 4.78 is 25.1. The van der Waals surface area contributed by atoms with Gasteiger partial charge in [-0.2, -0.15) is 0 Å². The highest BCUT2D eigenvalue weighted by Crippen LogP contribution is 2.25. The van der Waals surface area contributed by atoms with Crippen LogP contribution in [-0.4, -0.2) is 13.1 Å². The molecule has 2 rings (SSSR count). The number of fused-ring (bicyclic) bond motifs is 1. The van der Waals surface area contributed by atoms with Crippen LogP contribution in [0.5, 0.6) is 0 Å². The van der Waals surface area contributed by atoms with E-state index in [4.69, 9.17) is 0 Å². The summed E-state index contributed by atoms with van der Waals surface area (Å²) in [6.45, 7) is 0. The number of hydrogen-bond donors (Lipinski definition) is 1. The van der Waals surface area contributed by atoms with Gasteiger partial charge in [0.15, 0.2) is 0 Å². The third-order valence-electron chi connectivity index (χ3n) is 2.52. The highest BCUT2D eigenvalue weighted by Gasteiger charge is 2.13. The van der Waals surface area contributed by atoms with E-state index in [-0.39, 0.29) is 4.66 Å². The number of sulfonamides is 1. The first-order chi connectivity index (χ1) is 7.11. The van der Waals surface area contributed by atoms with Crippen molar-refractivity contribution in [1.82, 2.24) is 0 Å². The number of aryl methyl sites for hydroxylation is 2. The van der Waals surface area contributed by atoms with Gasteiger partial charge in [0.1, 0.15) is 4.66 Å². The summed E-state index contributed by atoms with van der Waals surface area (Å²) in [7, 11) is -3.22. The van der Waals surface area contributed by atoms with Crippen LogP contribution in [0.15, 0.2) is 18.2 Å². The van der Waals surface area contributed by atoms with Crippen LogP contribution in [0.4, 0.5) is 5.69 Å². The minimum Gasteiger partial charge on any atom is -0.283 e. The summed E-state index contributed by atoms with van der Waals surface area (Å²) in [6.07, 6.45) is 3.34. The number of hydrogen-bond acceptors (Lipinski definition) is 2. The van der Waals surface area contributed by atoms with Crippen LogP contribution in [0.25, 0.3) is 0 Å². The zero-order valence-electron chi connectivity index (χ0n) is 8.16. The van der Waals surface area contributed by atoms with Crippen molar-refractivity contribution < 1.29 is 8.42 Å². The second-order valence-electron chi connectivity index (χ2n) is 3.66. The van der Waals surface area contributed by atoms with Crippen molar-refractivity contribution in [3.8, 4) is 0 Å². The number of alkyl halides is 1. The molecule has 0 heterocycles. The fraction of sp³-hybridized carbons (Fsp3) is 0.400. The fourth-order valence-corrected chi connectivity index (χ4v) is 2.73. The molecule has 3 nitrogen and oxygen atoms in total. The molecular formula is C10H12BrNO2S. The quantitative estimate of drug-likeness (QED) is 0.868. The summed E-state index contributed by atoms with van der Waals surface area (Å²) in [6, 6.07) is 5.77. The van der Waals surface area contributed by atoms with Crippen LogP contribution in [0.2, 0.25) is 0 Å². The highest BCUT2D eigenvalue weighted by molar-refractivity contribution is 9.10. The van der Waals surface area contributed by atoms with Crippen molar-refractivity contribution in [2.24, 2.45) is 0 Å². The molecule has 1 aromatic rings. The second kappa shape index (κ2) is 4.14. The maximum Gasteiger partial charge on any atom is 0.242 e. The van der Waals surface area contributed by atoms with Crippen LogP contribution >= 0.6 is 15.9 Å². The smallest absolute Gasteiger partial charge is 0.242 e. The van der Waals surface area contributed by atoms with E-state index in [1.165, 1.54) is 17.5 Å². The van der Waals surface area contributed by atoms with Crippen LogP contribution in [-0.2, 0) is 22.9 Å². The van der Waals surface area contributed by atoms with E-state index in [0.29, 0.717) is 5.69 Å². The second-order valence-corrected chi connectivity index (χ2v) is 6.69. The Morgan fingerprint density at radius 2 is 2.00 bits per heavy atom. The van der Waals surface area contributed by atoms with Gasteiger partial charge < -0.3 is 0 Å². The molecule has 0 spiro atoms. The van der Waals surface area contributed by atoms with Crippen molar-refractivity contribution >= 4 is 31.6 Å². The molecule has 0 aliphatic heterocycles. The molecular weight excluding hydrogens is 278 g/mol. The minimum atomic E-state index is -3.22. The summed E-state index contributed by atoms with van der Waals surface area (Å²) in [4.78, 5) is 0. The summed E-state index contributed by atoms with van der Waals surface area (Å²) in [5, 5.41) is 0. The zero-order chi connectivity index (χ0) is 10.9. The molecule has 82 valence electrons. The van der Waals surface area contributed by atoms with E-state index in [1.54, 1.807) is 0 Å². The number of nitrogens with one attached hydrogen (secondary N) is 1. The van der Waals surface area contributed by atoms with Gasteiger partial charge in [-0.1, -0.05) is 22.0 Å². The number of benzene rings is 1. The van der Waals surface area contributed by atoms with E-state index >= 15 is 0 Å². The van der Waals surface area contributed by atoms with E-state index in [9.17, 15) is 8.42 Å². The lowest BCUT2D eigenvalue weighted by molar-refractivity contribution is 0.606. The molecule has 0 bridgehead atoms. The molecule has 0 amide bonds. The van der Waals surface area contributed by atoms with Gasteiger partial charge in [-0.05, 0) is 42.5 Å². The molecule has 5 heteroatoms. The molecule has 0 atom stereocenters. The first-order valence-corrected chi connectivity index (χ1v) is 7.56. The Morgan fingerprint density at radius 3 is 2.73 bits per heavy atom. The van der Waals surface area contributed by atoms with Crippen LogP contribution < -0.4 is 4.72 Å². The fourth-order valence-electron chi connectivity index (χ4n) is 1.84. The maximum absolute atomic E-state index is 11.3. The molecule has 0 saturated carbocycles. The normalized spacial score (nSPS) is 15.0. The first-order valence-electron chi connectivity index (χ1n) is 4.79. The lowest BCUT2D eigenvalue weighted by atomic mass is 10.1. The van der Waals surface area contributed by atoms with E-state index in [2.05, 4.69) is 20.7 Å². The molecule has 1 N–H and O–H groups in total. The van der Waals surface area contributed by atoms with Gasteiger partial charge in [-0.3, -0.25) is 4.72 Å². The Hall–Kier alpha value is -0.550. The summed E-state index contributed by atoms with van der Waals surface area (Å²) >= 11 is 2.94. The monoisotopic (exact) mass is 289 g/mol. The lowest BCUT2D eigenvalue weighted by Crippen LogP contribution is -2.13. The average Bonchev–Trinajstić information content (AvgIpc) is 2.64. The van der Waals surface area contributed by atoms with Crippen LogP contribution in [0.1, 0.15) is 17.5 Å². The van der Waals surface area contributed by atoms with E-state index < -0.39 is 10.0 Å². The van der Waals surface area contributed by atoms with E-state index in [0.717, 1.165) is 12.8 Å². The predicted octanol–water partition coefficient (Wildman–Crippen LogP) is 2.27. The van der Waals surface area contributed by atoms with Gasteiger partial charge in [0.2, 0.25) is 10.0 Å². The summed E-state index contributed by atoms with van der Waals surface area (Å²) in [5.74, 6) is 0. The van der Waals surface area contributed by atoms with Gasteiger partial charge in [-0.25, -0.2) is 8.42 Å². The SMILES string of the molecule is O=S(=O)(CBr)Nc1ccc2c(c1)CCC2. The molecule has 0 saturated heterocycles. The number of rotatable bonds is 3. The Balaban J connectivity index is 2.24. The molecule has 1 aromatic carbocycles. The van der Waals surface area contributed by atoms with Crippen molar-refractivity contribution in [3.05, 3.63) is 29.3 Å². The van der Waals surface area contributed by atoms with Crippen LogP contribution in [0, 0.1) is 0 Å². The number of halogens is 1. The van der Waals surface area contributed by atoms with Gasteiger partial charge in [0.05, 0.1) is 0 Å². The van der Waals surface area contributed by atoms with Crippen molar-refractivity contribution in [2.75, 3.05) is 9.38 Å². The van der Waals surface area contributed by atoms with Crippen molar-refractivity contribution in [1.29, 1.82) is 0 Å². The largest absolute Gasteiger partial charge is 0.283 e. The third-order valence-corrected chi connectivity index (χ3v) is 5.16. The topological polar surface area (TPSA) is 46.2 Å². The van der Waals surface area contributed by atoms with Gasteiger partial charge in [0.25, 0.3) is 0 Å². The zero-order valence-corrected chi connectivity index (χ0v) is 10.6. The highest BCUT2D eigenvalue weighted by atomic mass is 79.9. The molecule has 1 aliphatic rings. The molecule has 0 unspecified atom stereocenters. The van der Waals surface area contributed by atoms with Gasteiger partial charge in [-0.15, -0.1) is 0 Å². The van der Waals surface area contributed by atoms with Crippen LogP contribution in [0.3, 0.4) is 0 Å². The van der Waals surface area contributed by atoms with Gasteiger partial charge >= 0.3 is 0 Å². The Labute approximate surface area is 98.1 Å². The van der Waals surface area contributed by atoms with Gasteiger partial charge in [0, 0.05) is 5.69 Å². The molecule has 15 heavy (non-hydrogen) atoms. The molecule has 0 aromatic heterocycles. The Morgan fingerprint density at radius 1 is 1.27 bits per heavy atom. The summed E-state index contributed by atoms with van der Waals surface area (Å²) in [5.41, 5.74) is 3.27. The molecule has 0 radical (unpaired) electrons. The minimum absolute atomic E-state index is 0.0723. The average molecular weight is 290 g/mol. The Kier molecular flexibility index (Phi) is 3.02. The maximum atomic E-state index is 11.3. The molecule has 1 aliphatic carbocycles. The van der Waals surface area contributed by atoms with E-state index in [1.807, 2.05) is 18.2 Å².